The molecule has 2 aromatic carbocycles. The maximum Gasteiger partial charge on any atom is 0.127 e. The SMILES string of the molecule is CCC(CC)c1ccc(OCCC(C)C)c(C(S)=C(S)Sc2ccc(OC)cc2)c1. The van der Waals surface area contributed by atoms with Gasteiger partial charge in [-0.25, -0.2) is 0 Å². The van der Waals surface area contributed by atoms with E-state index in [0.29, 0.717) is 18.4 Å². The quantitative estimate of drug-likeness (QED) is 0.258. The highest BCUT2D eigenvalue weighted by molar-refractivity contribution is 8.17. The summed E-state index contributed by atoms with van der Waals surface area (Å²) < 4.78 is 12.3. The summed E-state index contributed by atoms with van der Waals surface area (Å²) in [6, 6.07) is 14.5. The van der Waals surface area contributed by atoms with Gasteiger partial charge in [-0.1, -0.05) is 45.5 Å². The van der Waals surface area contributed by atoms with Gasteiger partial charge in [-0.15, -0.1) is 25.3 Å². The summed E-state index contributed by atoms with van der Waals surface area (Å²) in [5.41, 5.74) is 2.34. The number of thioether (sulfide) groups is 1. The van der Waals surface area contributed by atoms with Crippen molar-refractivity contribution in [2.24, 2.45) is 5.92 Å². The minimum Gasteiger partial charge on any atom is -0.497 e. The molecule has 0 aliphatic heterocycles. The minimum atomic E-state index is 0.534. The van der Waals surface area contributed by atoms with Crippen molar-refractivity contribution in [3.8, 4) is 11.5 Å². The van der Waals surface area contributed by atoms with Crippen molar-refractivity contribution in [3.63, 3.8) is 0 Å². The van der Waals surface area contributed by atoms with E-state index in [1.54, 1.807) is 18.9 Å². The number of hydrogen-bond acceptors (Lipinski definition) is 5. The largest absolute Gasteiger partial charge is 0.497 e. The lowest BCUT2D eigenvalue weighted by Gasteiger charge is -2.19. The van der Waals surface area contributed by atoms with Crippen LogP contribution in [0.4, 0.5) is 0 Å². The fraction of sp³-hybridized carbons (Fsp3) is 0.440. The van der Waals surface area contributed by atoms with Gasteiger partial charge in [0.15, 0.2) is 0 Å². The first-order valence-corrected chi connectivity index (χ1v) is 12.3. The van der Waals surface area contributed by atoms with Crippen LogP contribution in [0.2, 0.25) is 0 Å². The molecule has 0 bridgehead atoms. The van der Waals surface area contributed by atoms with Crippen LogP contribution in [0, 0.1) is 5.92 Å². The molecule has 2 aromatic rings. The Morgan fingerprint density at radius 3 is 2.23 bits per heavy atom. The second-order valence-corrected chi connectivity index (χ2v) is 10.0. The molecular weight excluding hydrogens is 428 g/mol. The normalized spacial score (nSPS) is 12.3. The molecule has 0 radical (unpaired) electrons. The zero-order valence-corrected chi connectivity index (χ0v) is 21.2. The average molecular weight is 463 g/mol. The fourth-order valence-electron chi connectivity index (χ4n) is 3.20. The summed E-state index contributed by atoms with van der Waals surface area (Å²) in [5, 5.41) is 0. The lowest BCUT2D eigenvalue weighted by atomic mass is 9.92. The van der Waals surface area contributed by atoms with Crippen LogP contribution in [0.1, 0.15) is 64.0 Å². The maximum absolute atomic E-state index is 6.16. The molecule has 0 atom stereocenters. The molecule has 0 N–H and O–H groups in total. The van der Waals surface area contributed by atoms with Crippen LogP contribution in [-0.4, -0.2) is 13.7 Å². The van der Waals surface area contributed by atoms with Gasteiger partial charge in [-0.2, -0.15) is 0 Å². The number of hydrogen-bond donors (Lipinski definition) is 2. The highest BCUT2D eigenvalue weighted by Crippen LogP contribution is 2.41. The van der Waals surface area contributed by atoms with Crippen molar-refractivity contribution in [1.29, 1.82) is 0 Å². The monoisotopic (exact) mass is 462 g/mol. The van der Waals surface area contributed by atoms with E-state index in [0.717, 1.165) is 50.4 Å². The topological polar surface area (TPSA) is 18.5 Å². The summed E-state index contributed by atoms with van der Waals surface area (Å²) in [7, 11) is 1.67. The van der Waals surface area contributed by atoms with Crippen LogP contribution in [0.5, 0.6) is 11.5 Å². The van der Waals surface area contributed by atoms with Gasteiger partial charge in [0.05, 0.1) is 18.0 Å². The van der Waals surface area contributed by atoms with Crippen molar-refractivity contribution in [3.05, 3.63) is 57.8 Å². The molecule has 0 aliphatic rings. The van der Waals surface area contributed by atoms with E-state index in [4.69, 9.17) is 34.7 Å². The molecule has 164 valence electrons. The van der Waals surface area contributed by atoms with Gasteiger partial charge < -0.3 is 9.47 Å². The summed E-state index contributed by atoms with van der Waals surface area (Å²) in [4.78, 5) is 1.93. The molecule has 5 heteroatoms. The molecular formula is C25H34O2S3. The lowest BCUT2D eigenvalue weighted by molar-refractivity contribution is 0.289. The first kappa shape index (κ1) is 25.1. The first-order chi connectivity index (χ1) is 14.4. The minimum absolute atomic E-state index is 0.534. The van der Waals surface area contributed by atoms with Crippen LogP contribution in [-0.2, 0) is 0 Å². The molecule has 0 saturated heterocycles. The Kier molecular flexibility index (Phi) is 10.6. The van der Waals surface area contributed by atoms with Gasteiger partial charge in [0.1, 0.15) is 11.5 Å². The van der Waals surface area contributed by atoms with Gasteiger partial charge >= 0.3 is 0 Å². The Morgan fingerprint density at radius 2 is 1.67 bits per heavy atom. The van der Waals surface area contributed by atoms with Crippen molar-refractivity contribution in [2.45, 2.75) is 57.8 Å². The molecule has 0 amide bonds. The Hall–Kier alpha value is -1.17. The highest BCUT2D eigenvalue weighted by atomic mass is 32.2. The number of ether oxygens (including phenoxy) is 2. The van der Waals surface area contributed by atoms with Crippen molar-refractivity contribution >= 4 is 41.9 Å². The van der Waals surface area contributed by atoms with Crippen molar-refractivity contribution in [2.75, 3.05) is 13.7 Å². The van der Waals surface area contributed by atoms with Gasteiger partial charge in [0, 0.05) is 15.4 Å². The summed E-state index contributed by atoms with van der Waals surface area (Å²) in [5.74, 6) is 2.85. The molecule has 30 heavy (non-hydrogen) atoms. The highest BCUT2D eigenvalue weighted by Gasteiger charge is 2.15. The van der Waals surface area contributed by atoms with E-state index in [2.05, 4.69) is 45.9 Å². The van der Waals surface area contributed by atoms with Gasteiger partial charge in [-0.3, -0.25) is 0 Å². The third kappa shape index (κ3) is 7.21. The van der Waals surface area contributed by atoms with E-state index in [-0.39, 0.29) is 0 Å². The van der Waals surface area contributed by atoms with Crippen LogP contribution in [0.15, 0.2) is 51.6 Å². The van der Waals surface area contributed by atoms with Gasteiger partial charge in [0.2, 0.25) is 0 Å². The molecule has 0 aromatic heterocycles. The predicted molar refractivity (Wildman–Crippen MR) is 138 cm³/mol. The second kappa shape index (κ2) is 12.6. The molecule has 0 aliphatic carbocycles. The van der Waals surface area contributed by atoms with Crippen LogP contribution in [0.25, 0.3) is 4.91 Å². The molecule has 2 nitrogen and oxygen atoms in total. The van der Waals surface area contributed by atoms with Crippen molar-refractivity contribution < 1.29 is 9.47 Å². The summed E-state index contributed by atoms with van der Waals surface area (Å²) in [6.45, 7) is 9.59. The Labute approximate surface area is 197 Å². The Bertz CT molecular complexity index is 825. The molecule has 0 heterocycles. The second-order valence-electron chi connectivity index (χ2n) is 7.73. The zero-order chi connectivity index (χ0) is 22.1. The van der Waals surface area contributed by atoms with Crippen molar-refractivity contribution in [1.82, 2.24) is 0 Å². The van der Waals surface area contributed by atoms with E-state index in [9.17, 15) is 0 Å². The first-order valence-electron chi connectivity index (χ1n) is 10.6. The van der Waals surface area contributed by atoms with Gasteiger partial charge in [-0.05, 0) is 73.1 Å². The maximum atomic E-state index is 6.16. The van der Waals surface area contributed by atoms with E-state index >= 15 is 0 Å². The third-order valence-electron chi connectivity index (χ3n) is 5.15. The Balaban J connectivity index is 2.36. The Morgan fingerprint density at radius 1 is 1.00 bits per heavy atom. The molecule has 0 unspecified atom stereocenters. The summed E-state index contributed by atoms with van der Waals surface area (Å²) in [6.07, 6.45) is 3.25. The number of thiol groups is 2. The van der Waals surface area contributed by atoms with E-state index in [1.807, 2.05) is 24.3 Å². The van der Waals surface area contributed by atoms with Crippen LogP contribution < -0.4 is 9.47 Å². The van der Waals surface area contributed by atoms with Gasteiger partial charge in [0.25, 0.3) is 0 Å². The lowest BCUT2D eigenvalue weighted by Crippen LogP contribution is -2.04. The molecule has 0 spiro atoms. The number of rotatable bonds is 11. The molecule has 0 fully saturated rings. The molecule has 0 saturated carbocycles. The summed E-state index contributed by atoms with van der Waals surface area (Å²) >= 11 is 11.2. The third-order valence-corrected chi connectivity index (χ3v) is 7.34. The van der Waals surface area contributed by atoms with E-state index in [1.165, 1.54) is 5.56 Å². The zero-order valence-electron chi connectivity index (χ0n) is 18.6. The molecule has 2 rings (SSSR count). The average Bonchev–Trinajstić information content (AvgIpc) is 2.75. The smallest absolute Gasteiger partial charge is 0.127 e. The fourth-order valence-corrected chi connectivity index (χ4v) is 4.65. The van der Waals surface area contributed by atoms with Crippen LogP contribution in [0.3, 0.4) is 0 Å². The predicted octanol–water partition coefficient (Wildman–Crippen LogP) is 8.30. The van der Waals surface area contributed by atoms with Crippen LogP contribution >= 0.6 is 37.0 Å². The van der Waals surface area contributed by atoms with E-state index < -0.39 is 0 Å². The number of benzene rings is 2. The standard InChI is InChI=1S/C25H34O2S3/c1-6-18(7-2)19-8-13-23(27-15-14-17(3)4)22(16-19)24(28)25(29)30-21-11-9-20(26-5)10-12-21/h8-13,16-18,28-29H,6-7,14-15H2,1-5H3. The number of methoxy groups -OCH3 is 1.